The predicted octanol–water partition coefficient (Wildman–Crippen LogP) is 2.13. The van der Waals surface area contributed by atoms with Crippen molar-refractivity contribution in [2.75, 3.05) is 22.8 Å². The molecule has 3 rings (SSSR count). The van der Waals surface area contributed by atoms with Crippen molar-refractivity contribution in [2.45, 2.75) is 18.9 Å². The zero-order valence-corrected chi connectivity index (χ0v) is 17.3. The SMILES string of the molecule is Cn1cc(N(C2CCOCC2)S(=O)(=O)NC(=O)Nc2cc(Cl)cc(Cl)c2)cn1.[NaH]. The van der Waals surface area contributed by atoms with Crippen molar-refractivity contribution in [2.24, 2.45) is 7.05 Å². The minimum absolute atomic E-state index is 0. The Balaban J connectivity index is 0.00000300. The molecule has 0 radical (unpaired) electrons. The summed E-state index contributed by atoms with van der Waals surface area (Å²) < 4.78 is 36.0. The van der Waals surface area contributed by atoms with Crippen molar-refractivity contribution in [3.63, 3.8) is 0 Å². The van der Waals surface area contributed by atoms with Crippen molar-refractivity contribution < 1.29 is 17.9 Å². The third kappa shape index (κ3) is 6.48. The van der Waals surface area contributed by atoms with E-state index in [1.54, 1.807) is 13.2 Å². The number of urea groups is 1. The van der Waals surface area contributed by atoms with Crippen molar-refractivity contribution >= 4 is 80.4 Å². The maximum absolute atomic E-state index is 13.0. The quantitative estimate of drug-likeness (QED) is 0.649. The molecule has 1 aromatic carbocycles. The van der Waals surface area contributed by atoms with Gasteiger partial charge in [0.2, 0.25) is 0 Å². The number of carbonyl (C=O) groups is 1. The van der Waals surface area contributed by atoms with Crippen molar-refractivity contribution in [3.05, 3.63) is 40.6 Å². The molecule has 2 aromatic rings. The van der Waals surface area contributed by atoms with Gasteiger partial charge in [-0.2, -0.15) is 13.5 Å². The van der Waals surface area contributed by atoms with E-state index in [1.165, 1.54) is 33.4 Å². The number of amides is 2. The Morgan fingerprint density at radius 1 is 1.24 bits per heavy atom. The molecule has 1 saturated heterocycles. The molecule has 1 aliphatic heterocycles. The molecule has 13 heteroatoms. The molecule has 29 heavy (non-hydrogen) atoms. The number of rotatable bonds is 5. The van der Waals surface area contributed by atoms with E-state index in [0.29, 0.717) is 41.8 Å². The first-order valence-electron chi connectivity index (χ1n) is 8.40. The van der Waals surface area contributed by atoms with E-state index in [2.05, 4.69) is 10.4 Å². The monoisotopic (exact) mass is 471 g/mol. The zero-order valence-electron chi connectivity index (χ0n) is 14.9. The van der Waals surface area contributed by atoms with Crippen LogP contribution in [-0.4, -0.2) is 73.0 Å². The fraction of sp³-hybridized carbons (Fsp3) is 0.375. The second-order valence-corrected chi connectivity index (χ2v) is 8.65. The Kier molecular flexibility index (Phi) is 8.65. The summed E-state index contributed by atoms with van der Waals surface area (Å²) in [6.45, 7) is 0.869. The van der Waals surface area contributed by atoms with Crippen molar-refractivity contribution in [3.8, 4) is 0 Å². The number of benzene rings is 1. The van der Waals surface area contributed by atoms with E-state index < -0.39 is 16.2 Å². The van der Waals surface area contributed by atoms with Crippen molar-refractivity contribution in [1.29, 1.82) is 0 Å². The molecule has 2 amide bonds. The molecule has 154 valence electrons. The number of carbonyl (C=O) groups excluding carboxylic acids is 1. The Morgan fingerprint density at radius 2 is 1.86 bits per heavy atom. The number of hydrogen-bond acceptors (Lipinski definition) is 5. The number of hydrogen-bond donors (Lipinski definition) is 2. The van der Waals surface area contributed by atoms with Gasteiger partial charge < -0.3 is 10.1 Å². The van der Waals surface area contributed by atoms with Gasteiger partial charge in [-0.15, -0.1) is 0 Å². The Labute approximate surface area is 201 Å². The molecule has 0 spiro atoms. The number of nitrogens with zero attached hydrogens (tertiary/aromatic N) is 3. The molecule has 0 saturated carbocycles. The van der Waals surface area contributed by atoms with E-state index in [1.807, 2.05) is 4.72 Å². The van der Waals surface area contributed by atoms with Gasteiger partial charge in [0, 0.05) is 42.2 Å². The summed E-state index contributed by atoms with van der Waals surface area (Å²) in [7, 11) is -2.52. The first-order chi connectivity index (χ1) is 13.2. The standard InChI is InChI=1S/C16H19Cl2N5O4S.Na.H/c1-22-10-15(9-19-22)23(14-2-4-27-5-3-14)28(25,26)21-16(24)20-13-7-11(17)6-12(18)8-13;;/h6-10,14H,2-5H2,1H3,(H2,20,21,24);;. The molecule has 2 N–H and O–H groups in total. The van der Waals surface area contributed by atoms with Crippen LogP contribution in [0.25, 0.3) is 0 Å². The number of aromatic nitrogens is 2. The Hall–Kier alpha value is -1.01. The van der Waals surface area contributed by atoms with Crippen LogP contribution in [0, 0.1) is 0 Å². The Morgan fingerprint density at radius 3 is 2.41 bits per heavy atom. The fourth-order valence-electron chi connectivity index (χ4n) is 2.94. The molecule has 0 atom stereocenters. The number of nitrogens with one attached hydrogen (secondary N) is 2. The summed E-state index contributed by atoms with van der Waals surface area (Å²) >= 11 is 11.8. The van der Waals surface area contributed by atoms with Gasteiger partial charge in [-0.05, 0) is 31.0 Å². The normalized spacial score (nSPS) is 14.7. The fourth-order valence-corrected chi connectivity index (χ4v) is 4.82. The van der Waals surface area contributed by atoms with Crippen LogP contribution in [0.4, 0.5) is 16.2 Å². The van der Waals surface area contributed by atoms with Crippen LogP contribution >= 0.6 is 23.2 Å². The van der Waals surface area contributed by atoms with Gasteiger partial charge in [0.15, 0.2) is 0 Å². The first-order valence-corrected chi connectivity index (χ1v) is 10.6. The van der Waals surface area contributed by atoms with E-state index in [-0.39, 0.29) is 41.3 Å². The zero-order chi connectivity index (χ0) is 20.3. The van der Waals surface area contributed by atoms with Crippen LogP contribution < -0.4 is 14.3 Å². The van der Waals surface area contributed by atoms with E-state index in [0.717, 1.165) is 0 Å². The summed E-state index contributed by atoms with van der Waals surface area (Å²) in [5.41, 5.74) is 0.629. The van der Waals surface area contributed by atoms with Gasteiger partial charge >= 0.3 is 45.8 Å². The number of aryl methyl sites for hydroxylation is 1. The molecule has 0 unspecified atom stereocenters. The third-order valence-corrected chi connectivity index (χ3v) is 5.98. The van der Waals surface area contributed by atoms with Gasteiger partial charge in [-0.25, -0.2) is 13.8 Å². The van der Waals surface area contributed by atoms with Crippen LogP contribution in [0.15, 0.2) is 30.6 Å². The molecule has 1 aromatic heterocycles. The molecular formula is C16H20Cl2N5NaO4S. The van der Waals surface area contributed by atoms with Gasteiger partial charge in [0.1, 0.15) is 0 Å². The average molecular weight is 472 g/mol. The summed E-state index contributed by atoms with van der Waals surface area (Å²) in [5, 5.41) is 7.08. The predicted molar refractivity (Wildman–Crippen MR) is 114 cm³/mol. The molecular weight excluding hydrogens is 452 g/mol. The second-order valence-electron chi connectivity index (χ2n) is 6.23. The van der Waals surface area contributed by atoms with Gasteiger partial charge in [-0.1, -0.05) is 23.2 Å². The topological polar surface area (TPSA) is 106 Å². The van der Waals surface area contributed by atoms with Gasteiger partial charge in [0.05, 0.1) is 17.9 Å². The number of anilines is 2. The van der Waals surface area contributed by atoms with Gasteiger partial charge in [-0.3, -0.25) is 4.68 Å². The number of halogens is 2. The average Bonchev–Trinajstić information content (AvgIpc) is 2.99. The summed E-state index contributed by atoms with van der Waals surface area (Å²) in [6, 6.07) is 3.12. The minimum atomic E-state index is -4.20. The molecule has 1 aliphatic rings. The van der Waals surface area contributed by atoms with Crippen LogP contribution in [0.5, 0.6) is 0 Å². The maximum atomic E-state index is 13.0. The molecule has 1 fully saturated rings. The molecule has 0 bridgehead atoms. The summed E-state index contributed by atoms with van der Waals surface area (Å²) in [4.78, 5) is 12.3. The number of ether oxygens (including phenoxy) is 1. The molecule has 2 heterocycles. The Bertz CT molecular complexity index is 946. The first kappa shape index (κ1) is 24.3. The van der Waals surface area contributed by atoms with E-state index in [4.69, 9.17) is 27.9 Å². The summed E-state index contributed by atoms with van der Waals surface area (Å²) in [6.07, 6.45) is 4.01. The van der Waals surface area contributed by atoms with Gasteiger partial charge in [0.25, 0.3) is 0 Å². The van der Waals surface area contributed by atoms with Crippen LogP contribution in [0.1, 0.15) is 12.8 Å². The second kappa shape index (κ2) is 10.3. The molecule has 9 nitrogen and oxygen atoms in total. The molecule has 0 aliphatic carbocycles. The van der Waals surface area contributed by atoms with Crippen molar-refractivity contribution in [1.82, 2.24) is 14.5 Å². The van der Waals surface area contributed by atoms with E-state index >= 15 is 0 Å². The summed E-state index contributed by atoms with van der Waals surface area (Å²) in [5.74, 6) is 0. The van der Waals surface area contributed by atoms with E-state index in [9.17, 15) is 13.2 Å². The van der Waals surface area contributed by atoms with Crippen LogP contribution in [-0.2, 0) is 22.0 Å². The van der Waals surface area contributed by atoms with Crippen LogP contribution in [0.3, 0.4) is 0 Å². The third-order valence-electron chi connectivity index (χ3n) is 4.07. The van der Waals surface area contributed by atoms with Crippen LogP contribution in [0.2, 0.25) is 10.0 Å².